The van der Waals surface area contributed by atoms with E-state index in [1.54, 1.807) is 7.11 Å². The van der Waals surface area contributed by atoms with E-state index >= 15 is 0 Å². The number of ether oxygens (including phenoxy) is 2. The summed E-state index contributed by atoms with van der Waals surface area (Å²) >= 11 is 0. The second kappa shape index (κ2) is 4.98. The van der Waals surface area contributed by atoms with Gasteiger partial charge < -0.3 is 14.8 Å². The van der Waals surface area contributed by atoms with Gasteiger partial charge in [-0.05, 0) is 6.42 Å². The van der Waals surface area contributed by atoms with E-state index in [0.717, 1.165) is 13.0 Å². The molecule has 0 aliphatic carbocycles. The molecule has 4 heteroatoms. The van der Waals surface area contributed by atoms with Crippen molar-refractivity contribution >= 4 is 6.02 Å². The zero-order valence-corrected chi connectivity index (χ0v) is 7.67. The molecule has 0 aromatic rings. The minimum atomic E-state index is 0.106. The number of methoxy groups -OCH3 is 1. The molecular weight excluding hydrogens is 156 g/mol. The molecule has 12 heavy (non-hydrogen) atoms. The molecule has 0 bridgehead atoms. The maximum absolute atomic E-state index is 5.42. The molecule has 4 nitrogen and oxygen atoms in total. The number of hydrogen-bond donors (Lipinski definition) is 1. The quantitative estimate of drug-likeness (QED) is 0.667. The largest absolute Gasteiger partial charge is 0.458 e. The first-order valence-electron chi connectivity index (χ1n) is 4.30. The number of nitrogens with zero attached hydrogens (tertiary/aromatic N) is 1. The van der Waals surface area contributed by atoms with Crippen LogP contribution in [0, 0.1) is 0 Å². The molecule has 0 spiro atoms. The standard InChI is InChI=1S/C8H16N2O2/c1-3-4-9-8-10-5-7(12-8)6-11-2/h7H,3-6H2,1-2H3,(H,9,10). The predicted molar refractivity (Wildman–Crippen MR) is 47.3 cm³/mol. The zero-order chi connectivity index (χ0) is 8.81. The van der Waals surface area contributed by atoms with Crippen molar-refractivity contribution < 1.29 is 9.47 Å². The summed E-state index contributed by atoms with van der Waals surface area (Å²) in [4.78, 5) is 4.18. The summed E-state index contributed by atoms with van der Waals surface area (Å²) in [6.45, 7) is 4.34. The lowest BCUT2D eigenvalue weighted by atomic mass is 10.4. The number of hydrogen-bond acceptors (Lipinski definition) is 4. The molecule has 1 aliphatic rings. The fraction of sp³-hybridized carbons (Fsp3) is 0.875. The van der Waals surface area contributed by atoms with E-state index in [0.29, 0.717) is 19.2 Å². The highest BCUT2D eigenvalue weighted by Crippen LogP contribution is 2.02. The first-order valence-corrected chi connectivity index (χ1v) is 4.30. The van der Waals surface area contributed by atoms with Crippen molar-refractivity contribution in [1.29, 1.82) is 0 Å². The van der Waals surface area contributed by atoms with Crippen LogP contribution in [-0.4, -0.2) is 38.9 Å². The van der Waals surface area contributed by atoms with Crippen molar-refractivity contribution in [2.24, 2.45) is 4.99 Å². The molecule has 1 N–H and O–H groups in total. The van der Waals surface area contributed by atoms with Crippen molar-refractivity contribution in [1.82, 2.24) is 5.32 Å². The summed E-state index contributed by atoms with van der Waals surface area (Å²) in [5, 5.41) is 3.09. The van der Waals surface area contributed by atoms with Crippen LogP contribution >= 0.6 is 0 Å². The van der Waals surface area contributed by atoms with E-state index in [2.05, 4.69) is 17.2 Å². The van der Waals surface area contributed by atoms with Crippen LogP contribution in [0.1, 0.15) is 13.3 Å². The van der Waals surface area contributed by atoms with Gasteiger partial charge in [0.15, 0.2) is 0 Å². The molecule has 0 amide bonds. The van der Waals surface area contributed by atoms with Gasteiger partial charge in [0.1, 0.15) is 6.10 Å². The van der Waals surface area contributed by atoms with E-state index in [1.807, 2.05) is 0 Å². The Hall–Kier alpha value is -0.770. The molecule has 0 saturated carbocycles. The van der Waals surface area contributed by atoms with E-state index in [4.69, 9.17) is 9.47 Å². The third-order valence-corrected chi connectivity index (χ3v) is 1.60. The zero-order valence-electron chi connectivity index (χ0n) is 7.67. The highest BCUT2D eigenvalue weighted by atomic mass is 16.5. The molecule has 1 atom stereocenters. The van der Waals surface area contributed by atoms with Gasteiger partial charge in [0.2, 0.25) is 0 Å². The fourth-order valence-electron chi connectivity index (χ4n) is 1.02. The molecular formula is C8H16N2O2. The first-order chi connectivity index (χ1) is 5.86. The highest BCUT2D eigenvalue weighted by molar-refractivity contribution is 5.75. The SMILES string of the molecule is CCCNC1=NCC(COC)O1. The predicted octanol–water partition coefficient (Wildman–Crippen LogP) is 0.387. The molecule has 70 valence electrons. The van der Waals surface area contributed by atoms with Gasteiger partial charge in [0, 0.05) is 13.7 Å². The van der Waals surface area contributed by atoms with Gasteiger partial charge in [0.25, 0.3) is 6.02 Å². The second-order valence-electron chi connectivity index (χ2n) is 2.77. The summed E-state index contributed by atoms with van der Waals surface area (Å²) in [6, 6.07) is 0.666. The Kier molecular flexibility index (Phi) is 3.87. The number of rotatable bonds is 4. The topological polar surface area (TPSA) is 42.9 Å². The van der Waals surface area contributed by atoms with E-state index in [9.17, 15) is 0 Å². The molecule has 0 aromatic carbocycles. The summed E-state index contributed by atoms with van der Waals surface area (Å²) in [5.74, 6) is 0. The van der Waals surface area contributed by atoms with Crippen LogP contribution in [0.4, 0.5) is 0 Å². The number of nitrogens with one attached hydrogen (secondary N) is 1. The first kappa shape index (κ1) is 9.32. The Morgan fingerprint density at radius 1 is 1.75 bits per heavy atom. The van der Waals surface area contributed by atoms with Crippen molar-refractivity contribution in [3.05, 3.63) is 0 Å². The monoisotopic (exact) mass is 172 g/mol. The Morgan fingerprint density at radius 2 is 2.58 bits per heavy atom. The minimum absolute atomic E-state index is 0.106. The number of aliphatic imine (C=N–C) groups is 1. The van der Waals surface area contributed by atoms with Gasteiger partial charge in [-0.1, -0.05) is 6.92 Å². The Balaban J connectivity index is 2.14. The normalized spacial score (nSPS) is 21.8. The maximum atomic E-state index is 5.42. The third kappa shape index (κ3) is 2.70. The van der Waals surface area contributed by atoms with Crippen LogP contribution in [0.3, 0.4) is 0 Å². The van der Waals surface area contributed by atoms with Crippen molar-refractivity contribution in [2.45, 2.75) is 19.4 Å². The average Bonchev–Trinajstić information content (AvgIpc) is 2.50. The highest BCUT2D eigenvalue weighted by Gasteiger charge is 2.18. The molecule has 1 unspecified atom stereocenters. The summed E-state index contributed by atoms with van der Waals surface area (Å²) in [7, 11) is 1.67. The molecule has 1 heterocycles. The lowest BCUT2D eigenvalue weighted by Crippen LogP contribution is -2.28. The van der Waals surface area contributed by atoms with Crippen LogP contribution in [0.25, 0.3) is 0 Å². The summed E-state index contributed by atoms with van der Waals surface area (Å²) in [5.41, 5.74) is 0. The summed E-state index contributed by atoms with van der Waals surface area (Å²) < 4.78 is 10.4. The van der Waals surface area contributed by atoms with Crippen LogP contribution in [-0.2, 0) is 9.47 Å². The van der Waals surface area contributed by atoms with Crippen molar-refractivity contribution in [3.63, 3.8) is 0 Å². The molecule has 1 aliphatic heterocycles. The van der Waals surface area contributed by atoms with Crippen molar-refractivity contribution in [2.75, 3.05) is 26.8 Å². The molecule has 0 radical (unpaired) electrons. The minimum Gasteiger partial charge on any atom is -0.458 e. The maximum Gasteiger partial charge on any atom is 0.285 e. The Bertz CT molecular complexity index is 159. The Labute approximate surface area is 73.0 Å². The molecule has 0 fully saturated rings. The lowest BCUT2D eigenvalue weighted by molar-refractivity contribution is 0.0886. The summed E-state index contributed by atoms with van der Waals surface area (Å²) in [6.07, 6.45) is 1.19. The lowest BCUT2D eigenvalue weighted by Gasteiger charge is -2.09. The Morgan fingerprint density at radius 3 is 3.25 bits per heavy atom. The van der Waals surface area contributed by atoms with Gasteiger partial charge in [0.05, 0.1) is 13.2 Å². The van der Waals surface area contributed by atoms with Gasteiger partial charge in [-0.3, -0.25) is 0 Å². The van der Waals surface area contributed by atoms with Crippen LogP contribution in [0.2, 0.25) is 0 Å². The smallest absolute Gasteiger partial charge is 0.285 e. The third-order valence-electron chi connectivity index (χ3n) is 1.60. The fourth-order valence-corrected chi connectivity index (χ4v) is 1.02. The number of amidine groups is 1. The van der Waals surface area contributed by atoms with E-state index in [1.165, 1.54) is 0 Å². The van der Waals surface area contributed by atoms with Gasteiger partial charge in [-0.2, -0.15) is 0 Å². The van der Waals surface area contributed by atoms with E-state index < -0.39 is 0 Å². The average molecular weight is 172 g/mol. The van der Waals surface area contributed by atoms with Gasteiger partial charge in [-0.25, -0.2) is 4.99 Å². The molecule has 0 aromatic heterocycles. The second-order valence-corrected chi connectivity index (χ2v) is 2.77. The van der Waals surface area contributed by atoms with Crippen LogP contribution in [0.15, 0.2) is 4.99 Å². The molecule has 1 rings (SSSR count). The van der Waals surface area contributed by atoms with Gasteiger partial charge >= 0.3 is 0 Å². The molecule has 0 saturated heterocycles. The van der Waals surface area contributed by atoms with Crippen LogP contribution < -0.4 is 5.32 Å². The van der Waals surface area contributed by atoms with Gasteiger partial charge in [-0.15, -0.1) is 0 Å². The van der Waals surface area contributed by atoms with Crippen LogP contribution in [0.5, 0.6) is 0 Å². The van der Waals surface area contributed by atoms with E-state index in [-0.39, 0.29) is 6.10 Å². The van der Waals surface area contributed by atoms with Crippen molar-refractivity contribution in [3.8, 4) is 0 Å².